The third kappa shape index (κ3) is 3.50. The van der Waals surface area contributed by atoms with Crippen LogP contribution >= 0.6 is 0 Å². The van der Waals surface area contributed by atoms with Crippen molar-refractivity contribution in [3.05, 3.63) is 88.1 Å². The van der Waals surface area contributed by atoms with Crippen LogP contribution in [0.3, 0.4) is 0 Å². The third-order valence-corrected chi connectivity index (χ3v) is 4.62. The first-order valence-corrected chi connectivity index (χ1v) is 8.93. The molecule has 29 heavy (non-hydrogen) atoms. The Morgan fingerprint density at radius 2 is 1.83 bits per heavy atom. The number of rotatable bonds is 4. The molecule has 2 N–H and O–H groups in total. The number of aromatic amines is 1. The molecule has 0 aliphatic carbocycles. The quantitative estimate of drug-likeness (QED) is 0.552. The van der Waals surface area contributed by atoms with Crippen molar-refractivity contribution in [2.45, 2.75) is 6.92 Å². The average Bonchev–Trinajstić information content (AvgIpc) is 3.13. The van der Waals surface area contributed by atoms with Crippen LogP contribution in [-0.4, -0.2) is 22.6 Å². The maximum Gasteiger partial charge on any atom is 0.272 e. The maximum absolute atomic E-state index is 13.9. The van der Waals surface area contributed by atoms with Gasteiger partial charge in [-0.05, 0) is 43.3 Å². The van der Waals surface area contributed by atoms with Gasteiger partial charge in [0.1, 0.15) is 11.3 Å². The predicted molar refractivity (Wildman–Crippen MR) is 110 cm³/mol. The van der Waals surface area contributed by atoms with Crippen LogP contribution in [-0.2, 0) is 0 Å². The molecule has 0 aliphatic heterocycles. The summed E-state index contributed by atoms with van der Waals surface area (Å²) in [6.45, 7) is 1.96. The van der Waals surface area contributed by atoms with E-state index >= 15 is 0 Å². The number of anilines is 1. The summed E-state index contributed by atoms with van der Waals surface area (Å²) < 4.78 is 20.3. The Hall–Kier alpha value is -3.87. The number of H-pyrrole nitrogens is 1. The average molecular weight is 391 g/mol. The van der Waals surface area contributed by atoms with Crippen LogP contribution in [0.1, 0.15) is 16.1 Å². The monoisotopic (exact) mass is 391 g/mol. The van der Waals surface area contributed by atoms with Crippen molar-refractivity contribution in [1.82, 2.24) is 9.55 Å². The molecule has 2 aromatic heterocycles. The molecule has 4 aromatic rings. The number of hydrogen-bond donors (Lipinski definition) is 2. The summed E-state index contributed by atoms with van der Waals surface area (Å²) >= 11 is 0. The van der Waals surface area contributed by atoms with E-state index in [4.69, 9.17) is 4.74 Å². The zero-order chi connectivity index (χ0) is 20.5. The Balaban J connectivity index is 1.71. The Morgan fingerprint density at radius 3 is 2.52 bits per heavy atom. The largest absolute Gasteiger partial charge is 0.494 e. The minimum absolute atomic E-state index is 0.0933. The van der Waals surface area contributed by atoms with Gasteiger partial charge in [0.2, 0.25) is 0 Å². The number of aryl methyl sites for hydroxylation is 1. The van der Waals surface area contributed by atoms with Gasteiger partial charge >= 0.3 is 0 Å². The highest BCUT2D eigenvalue weighted by molar-refractivity contribution is 6.05. The van der Waals surface area contributed by atoms with Gasteiger partial charge in [-0.15, -0.1) is 0 Å². The second-order valence-corrected chi connectivity index (χ2v) is 6.63. The van der Waals surface area contributed by atoms with Gasteiger partial charge in [0.15, 0.2) is 11.6 Å². The van der Waals surface area contributed by atoms with Gasteiger partial charge < -0.3 is 15.0 Å². The molecule has 0 bridgehead atoms. The minimum atomic E-state index is -0.574. The lowest BCUT2D eigenvalue weighted by atomic mass is 10.2. The van der Waals surface area contributed by atoms with Crippen molar-refractivity contribution in [3.63, 3.8) is 0 Å². The van der Waals surface area contributed by atoms with Crippen LogP contribution in [0.15, 0.2) is 65.5 Å². The number of aromatic nitrogens is 2. The fourth-order valence-electron chi connectivity index (χ4n) is 3.13. The van der Waals surface area contributed by atoms with E-state index in [2.05, 4.69) is 10.3 Å². The molecule has 7 heteroatoms. The zero-order valence-electron chi connectivity index (χ0n) is 15.8. The molecule has 1 amide bonds. The summed E-state index contributed by atoms with van der Waals surface area (Å²) in [5.74, 6) is -0.931. The summed E-state index contributed by atoms with van der Waals surface area (Å²) in [5.41, 5.74) is 2.61. The molecular weight excluding hydrogens is 373 g/mol. The molecule has 0 fully saturated rings. The molecule has 0 unspecified atom stereocenters. The molecule has 0 saturated heterocycles. The first-order valence-electron chi connectivity index (χ1n) is 8.93. The Morgan fingerprint density at radius 1 is 1.07 bits per heavy atom. The molecule has 0 aliphatic rings. The number of nitrogens with zero attached hydrogens (tertiary/aromatic N) is 1. The molecular formula is C22H18FN3O3. The van der Waals surface area contributed by atoms with Crippen LogP contribution < -0.4 is 15.6 Å². The first-order chi connectivity index (χ1) is 14.0. The number of methoxy groups -OCH3 is 1. The summed E-state index contributed by atoms with van der Waals surface area (Å²) in [6.07, 6.45) is 0. The smallest absolute Gasteiger partial charge is 0.272 e. The summed E-state index contributed by atoms with van der Waals surface area (Å²) in [4.78, 5) is 28.1. The van der Waals surface area contributed by atoms with E-state index < -0.39 is 11.7 Å². The Labute approximate surface area is 165 Å². The second kappa shape index (κ2) is 7.27. The topological polar surface area (TPSA) is 76.1 Å². The van der Waals surface area contributed by atoms with Gasteiger partial charge in [-0.25, -0.2) is 4.39 Å². The van der Waals surface area contributed by atoms with Gasteiger partial charge in [0.05, 0.1) is 12.8 Å². The Bertz CT molecular complexity index is 1270. The lowest BCUT2D eigenvalue weighted by molar-refractivity contribution is 0.102. The number of amides is 1. The van der Waals surface area contributed by atoms with Crippen LogP contribution in [0, 0.1) is 12.7 Å². The van der Waals surface area contributed by atoms with E-state index in [0.29, 0.717) is 22.4 Å². The summed E-state index contributed by atoms with van der Waals surface area (Å²) in [6, 6.07) is 16.4. The number of halogens is 1. The van der Waals surface area contributed by atoms with Crippen molar-refractivity contribution in [1.29, 1.82) is 0 Å². The van der Waals surface area contributed by atoms with Gasteiger partial charge in [-0.1, -0.05) is 17.7 Å². The highest BCUT2D eigenvalue weighted by Crippen LogP contribution is 2.22. The standard InChI is InChI=1S/C22H18FN3O3/c1-13-3-7-16(8-4-13)26-20(27)10-5-14-11-18(25-21(14)26)22(28)24-15-6-9-19(29-2)17(23)12-15/h3-12,25H,1-2H3,(H,24,28). The predicted octanol–water partition coefficient (Wildman–Crippen LogP) is 4.03. The van der Waals surface area contributed by atoms with Crippen LogP contribution in [0.2, 0.25) is 0 Å². The second-order valence-electron chi connectivity index (χ2n) is 6.63. The fraction of sp³-hybridized carbons (Fsp3) is 0.0909. The molecule has 0 atom stereocenters. The van der Waals surface area contributed by atoms with E-state index in [-0.39, 0.29) is 17.0 Å². The SMILES string of the molecule is COc1ccc(NC(=O)c2cc3ccc(=O)n(-c4ccc(C)cc4)c3[nH]2)cc1F. The van der Waals surface area contributed by atoms with Crippen molar-refractivity contribution >= 4 is 22.6 Å². The lowest BCUT2D eigenvalue weighted by Crippen LogP contribution is -2.17. The number of carbonyl (C=O) groups is 1. The molecule has 0 spiro atoms. The molecule has 2 aromatic carbocycles. The van der Waals surface area contributed by atoms with Gasteiger partial charge in [0.25, 0.3) is 11.5 Å². The van der Waals surface area contributed by atoms with E-state index in [9.17, 15) is 14.0 Å². The van der Waals surface area contributed by atoms with Crippen molar-refractivity contribution in [3.8, 4) is 11.4 Å². The number of nitrogens with one attached hydrogen (secondary N) is 2. The molecule has 0 saturated carbocycles. The van der Waals surface area contributed by atoms with Gasteiger partial charge in [0, 0.05) is 23.2 Å². The highest BCUT2D eigenvalue weighted by Gasteiger charge is 2.14. The molecule has 0 radical (unpaired) electrons. The summed E-state index contributed by atoms with van der Waals surface area (Å²) in [5, 5.41) is 3.34. The molecule has 2 heterocycles. The van der Waals surface area contributed by atoms with Crippen molar-refractivity contribution in [2.75, 3.05) is 12.4 Å². The summed E-state index contributed by atoms with van der Waals surface area (Å²) in [7, 11) is 1.37. The number of fused-ring (bicyclic) bond motifs is 1. The number of pyridine rings is 1. The molecule has 6 nitrogen and oxygen atoms in total. The lowest BCUT2D eigenvalue weighted by Gasteiger charge is -2.08. The molecule has 4 rings (SSSR count). The van der Waals surface area contributed by atoms with Crippen LogP contribution in [0.25, 0.3) is 16.7 Å². The van der Waals surface area contributed by atoms with E-state index in [1.807, 2.05) is 31.2 Å². The highest BCUT2D eigenvalue weighted by atomic mass is 19.1. The van der Waals surface area contributed by atoms with Crippen LogP contribution in [0.4, 0.5) is 10.1 Å². The van der Waals surface area contributed by atoms with Gasteiger partial charge in [-0.3, -0.25) is 14.2 Å². The van der Waals surface area contributed by atoms with Crippen molar-refractivity contribution in [2.24, 2.45) is 0 Å². The number of carbonyl (C=O) groups excluding carboxylic acids is 1. The zero-order valence-corrected chi connectivity index (χ0v) is 15.8. The van der Waals surface area contributed by atoms with E-state index in [1.165, 1.54) is 29.9 Å². The number of benzene rings is 2. The van der Waals surface area contributed by atoms with Crippen LogP contribution in [0.5, 0.6) is 5.75 Å². The fourth-order valence-corrected chi connectivity index (χ4v) is 3.13. The molecule has 146 valence electrons. The van der Waals surface area contributed by atoms with E-state index in [0.717, 1.165) is 5.56 Å². The maximum atomic E-state index is 13.9. The number of hydrogen-bond acceptors (Lipinski definition) is 3. The van der Waals surface area contributed by atoms with E-state index in [1.54, 1.807) is 18.2 Å². The normalized spacial score (nSPS) is 10.9. The first kappa shape index (κ1) is 18.5. The Kier molecular flexibility index (Phi) is 4.64. The number of ether oxygens (including phenoxy) is 1. The van der Waals surface area contributed by atoms with Gasteiger partial charge in [-0.2, -0.15) is 0 Å². The third-order valence-electron chi connectivity index (χ3n) is 4.62. The minimum Gasteiger partial charge on any atom is -0.494 e. The van der Waals surface area contributed by atoms with Crippen molar-refractivity contribution < 1.29 is 13.9 Å².